The number of nitrogens with one attached hydrogen (secondary N) is 1. The first-order valence-corrected chi connectivity index (χ1v) is 5.08. The molecule has 4 nitrogen and oxygen atoms in total. The minimum atomic E-state index is -4.43. The van der Waals surface area contributed by atoms with Gasteiger partial charge in [0.1, 0.15) is 12.1 Å². The SMILES string of the molecule is FC(F)(F)c1cccnc1NCc1ccncn1. The van der Waals surface area contributed by atoms with Crippen LogP contribution in [0.3, 0.4) is 0 Å². The van der Waals surface area contributed by atoms with Gasteiger partial charge in [0.05, 0.1) is 17.8 Å². The largest absolute Gasteiger partial charge is 0.419 e. The van der Waals surface area contributed by atoms with Crippen molar-refractivity contribution in [2.24, 2.45) is 0 Å². The predicted octanol–water partition coefficient (Wildman–Crippen LogP) is 2.50. The van der Waals surface area contributed by atoms with E-state index in [4.69, 9.17) is 0 Å². The number of hydrogen-bond acceptors (Lipinski definition) is 4. The van der Waals surface area contributed by atoms with E-state index in [0.717, 1.165) is 6.07 Å². The predicted molar refractivity (Wildman–Crippen MR) is 58.6 cm³/mol. The second-order valence-corrected chi connectivity index (χ2v) is 3.45. The fourth-order valence-corrected chi connectivity index (χ4v) is 1.37. The Morgan fingerprint density at radius 2 is 1.94 bits per heavy atom. The first-order chi connectivity index (χ1) is 8.57. The van der Waals surface area contributed by atoms with Crippen LogP contribution in [0, 0.1) is 0 Å². The Morgan fingerprint density at radius 3 is 2.61 bits per heavy atom. The van der Waals surface area contributed by atoms with Gasteiger partial charge in [0.25, 0.3) is 0 Å². The van der Waals surface area contributed by atoms with Gasteiger partial charge in [-0.15, -0.1) is 0 Å². The summed E-state index contributed by atoms with van der Waals surface area (Å²) < 4.78 is 38.0. The Hall–Kier alpha value is -2.18. The highest BCUT2D eigenvalue weighted by atomic mass is 19.4. The standard InChI is InChI=1S/C11H9F3N4/c12-11(13,14)9-2-1-4-16-10(9)17-6-8-3-5-15-7-18-8/h1-5,7H,6H2,(H,16,17). The van der Waals surface area contributed by atoms with E-state index in [0.29, 0.717) is 5.69 Å². The lowest BCUT2D eigenvalue weighted by Gasteiger charge is -2.12. The van der Waals surface area contributed by atoms with Crippen molar-refractivity contribution in [3.63, 3.8) is 0 Å². The van der Waals surface area contributed by atoms with Crippen LogP contribution in [0.4, 0.5) is 19.0 Å². The summed E-state index contributed by atoms with van der Waals surface area (Å²) in [5, 5.41) is 2.61. The monoisotopic (exact) mass is 254 g/mol. The van der Waals surface area contributed by atoms with Crippen LogP contribution in [0.1, 0.15) is 11.3 Å². The van der Waals surface area contributed by atoms with E-state index in [1.807, 2.05) is 0 Å². The number of pyridine rings is 1. The van der Waals surface area contributed by atoms with Crippen molar-refractivity contribution >= 4 is 5.82 Å². The van der Waals surface area contributed by atoms with E-state index in [2.05, 4.69) is 20.3 Å². The van der Waals surface area contributed by atoms with Crippen LogP contribution in [0.15, 0.2) is 36.9 Å². The molecular weight excluding hydrogens is 245 g/mol. The number of anilines is 1. The van der Waals surface area contributed by atoms with Crippen molar-refractivity contribution < 1.29 is 13.2 Å². The van der Waals surface area contributed by atoms with Gasteiger partial charge in [-0.2, -0.15) is 13.2 Å². The van der Waals surface area contributed by atoms with Crippen molar-refractivity contribution in [3.8, 4) is 0 Å². The molecule has 0 bridgehead atoms. The Bertz CT molecular complexity index is 513. The van der Waals surface area contributed by atoms with Crippen LogP contribution < -0.4 is 5.32 Å². The van der Waals surface area contributed by atoms with Crippen molar-refractivity contribution in [1.29, 1.82) is 0 Å². The highest BCUT2D eigenvalue weighted by molar-refractivity contribution is 5.45. The number of alkyl halides is 3. The quantitative estimate of drug-likeness (QED) is 0.914. The molecule has 2 heterocycles. The van der Waals surface area contributed by atoms with Gasteiger partial charge in [0.2, 0.25) is 0 Å². The summed E-state index contributed by atoms with van der Waals surface area (Å²) >= 11 is 0. The molecule has 7 heteroatoms. The Morgan fingerprint density at radius 1 is 1.11 bits per heavy atom. The fourth-order valence-electron chi connectivity index (χ4n) is 1.37. The average molecular weight is 254 g/mol. The lowest BCUT2D eigenvalue weighted by molar-refractivity contribution is -0.137. The van der Waals surface area contributed by atoms with Crippen LogP contribution in [0.5, 0.6) is 0 Å². The molecule has 2 aromatic heterocycles. The second kappa shape index (κ2) is 4.99. The van der Waals surface area contributed by atoms with Crippen LogP contribution in [0.2, 0.25) is 0 Å². The summed E-state index contributed by atoms with van der Waals surface area (Å²) in [6, 6.07) is 3.84. The molecule has 0 saturated carbocycles. The maximum absolute atomic E-state index is 12.7. The number of nitrogens with zero attached hydrogens (tertiary/aromatic N) is 3. The molecule has 0 atom stereocenters. The third kappa shape index (κ3) is 2.93. The number of halogens is 3. The Labute approximate surface area is 101 Å². The van der Waals surface area contributed by atoms with Gasteiger partial charge in [0, 0.05) is 12.4 Å². The van der Waals surface area contributed by atoms with Gasteiger partial charge in [-0.25, -0.2) is 15.0 Å². The topological polar surface area (TPSA) is 50.7 Å². The normalized spacial score (nSPS) is 11.3. The molecule has 2 rings (SSSR count). The first kappa shape index (κ1) is 12.3. The van der Waals surface area contributed by atoms with Gasteiger partial charge < -0.3 is 5.32 Å². The molecule has 0 aliphatic carbocycles. The van der Waals surface area contributed by atoms with E-state index in [1.165, 1.54) is 24.8 Å². The Balaban J connectivity index is 2.15. The lowest BCUT2D eigenvalue weighted by atomic mass is 10.2. The fraction of sp³-hybridized carbons (Fsp3) is 0.182. The molecule has 0 unspecified atom stereocenters. The van der Waals surface area contributed by atoms with Gasteiger partial charge in [0.15, 0.2) is 0 Å². The zero-order valence-corrected chi connectivity index (χ0v) is 9.15. The molecule has 0 aliphatic rings. The number of aromatic nitrogens is 3. The van der Waals surface area contributed by atoms with Gasteiger partial charge in [-0.3, -0.25) is 0 Å². The molecule has 0 amide bonds. The van der Waals surface area contributed by atoms with Crippen molar-refractivity contribution in [3.05, 3.63) is 48.2 Å². The van der Waals surface area contributed by atoms with Gasteiger partial charge >= 0.3 is 6.18 Å². The highest BCUT2D eigenvalue weighted by Crippen LogP contribution is 2.33. The van der Waals surface area contributed by atoms with Crippen LogP contribution in [0.25, 0.3) is 0 Å². The second-order valence-electron chi connectivity index (χ2n) is 3.45. The molecule has 1 N–H and O–H groups in total. The molecular formula is C11H9F3N4. The number of hydrogen-bond donors (Lipinski definition) is 1. The minimum absolute atomic E-state index is 0.155. The van der Waals surface area contributed by atoms with Crippen molar-refractivity contribution in [2.75, 3.05) is 5.32 Å². The summed E-state index contributed by atoms with van der Waals surface area (Å²) in [6.07, 6.45) is -0.271. The van der Waals surface area contributed by atoms with Gasteiger partial charge in [-0.1, -0.05) is 0 Å². The molecule has 0 spiro atoms. The number of rotatable bonds is 3. The Kier molecular flexibility index (Phi) is 3.40. The smallest absolute Gasteiger partial charge is 0.364 e. The van der Waals surface area contributed by atoms with Crippen LogP contribution >= 0.6 is 0 Å². The molecule has 0 fully saturated rings. The van der Waals surface area contributed by atoms with Crippen molar-refractivity contribution in [1.82, 2.24) is 15.0 Å². The molecule has 0 aliphatic heterocycles. The van der Waals surface area contributed by atoms with E-state index < -0.39 is 11.7 Å². The van der Waals surface area contributed by atoms with E-state index in [-0.39, 0.29) is 12.4 Å². The molecule has 0 radical (unpaired) electrons. The summed E-state index contributed by atoms with van der Waals surface area (Å²) in [5.74, 6) is -0.205. The summed E-state index contributed by atoms with van der Waals surface area (Å²) in [4.78, 5) is 11.3. The summed E-state index contributed by atoms with van der Waals surface area (Å²) in [6.45, 7) is 0.155. The first-order valence-electron chi connectivity index (χ1n) is 5.08. The van der Waals surface area contributed by atoms with E-state index >= 15 is 0 Å². The molecule has 94 valence electrons. The van der Waals surface area contributed by atoms with Crippen LogP contribution in [-0.2, 0) is 12.7 Å². The molecule has 18 heavy (non-hydrogen) atoms. The maximum atomic E-state index is 12.7. The zero-order valence-electron chi connectivity index (χ0n) is 9.15. The molecule has 2 aromatic rings. The lowest BCUT2D eigenvalue weighted by Crippen LogP contribution is -2.12. The minimum Gasteiger partial charge on any atom is -0.364 e. The van der Waals surface area contributed by atoms with Crippen LogP contribution in [-0.4, -0.2) is 15.0 Å². The summed E-state index contributed by atoms with van der Waals surface area (Å²) in [5.41, 5.74) is -0.206. The maximum Gasteiger partial charge on any atom is 0.419 e. The van der Waals surface area contributed by atoms with Crippen molar-refractivity contribution in [2.45, 2.75) is 12.7 Å². The average Bonchev–Trinajstić information content (AvgIpc) is 2.37. The third-order valence-electron chi connectivity index (χ3n) is 2.19. The molecule has 0 saturated heterocycles. The zero-order chi connectivity index (χ0) is 13.0. The van der Waals surface area contributed by atoms with Gasteiger partial charge in [-0.05, 0) is 18.2 Å². The summed E-state index contributed by atoms with van der Waals surface area (Å²) in [7, 11) is 0. The third-order valence-corrected chi connectivity index (χ3v) is 2.19. The van der Waals surface area contributed by atoms with E-state index in [9.17, 15) is 13.2 Å². The highest BCUT2D eigenvalue weighted by Gasteiger charge is 2.33. The van der Waals surface area contributed by atoms with E-state index in [1.54, 1.807) is 6.07 Å². The molecule has 0 aromatic carbocycles.